The Hall–Kier alpha value is -0.120. The van der Waals surface area contributed by atoms with Crippen LogP contribution in [-0.4, -0.2) is 40.5 Å². The van der Waals surface area contributed by atoms with Gasteiger partial charge in [0.25, 0.3) is 0 Å². The van der Waals surface area contributed by atoms with Crippen molar-refractivity contribution in [2.75, 3.05) is 40.5 Å². The van der Waals surface area contributed by atoms with Gasteiger partial charge in [-0.3, -0.25) is 0 Å². The van der Waals surface area contributed by atoms with E-state index >= 15 is 0 Å². The lowest BCUT2D eigenvalue weighted by atomic mass is 9.75. The third kappa shape index (κ3) is 6.46. The predicted octanol–water partition coefficient (Wildman–Crippen LogP) is 2.31. The van der Waals surface area contributed by atoms with Crippen LogP contribution in [0.3, 0.4) is 0 Å². The van der Waals surface area contributed by atoms with Gasteiger partial charge in [0.2, 0.25) is 0 Å². The van der Waals surface area contributed by atoms with Gasteiger partial charge in [-0.05, 0) is 24.2 Å². The third-order valence-electron chi connectivity index (χ3n) is 3.50. The zero-order chi connectivity index (χ0) is 12.4. The summed E-state index contributed by atoms with van der Waals surface area (Å²) in [5.74, 6) is 0.680. The molecule has 0 fully saturated rings. The van der Waals surface area contributed by atoms with Gasteiger partial charge in [0.05, 0.1) is 6.61 Å². The molecular weight excluding hydrogens is 202 g/mol. The number of nitrogens with one attached hydrogen (secondary N) is 1. The van der Waals surface area contributed by atoms with Crippen LogP contribution >= 0.6 is 0 Å². The summed E-state index contributed by atoms with van der Waals surface area (Å²) in [6.07, 6.45) is 2.34. The van der Waals surface area contributed by atoms with E-state index < -0.39 is 0 Å². The van der Waals surface area contributed by atoms with E-state index in [1.807, 2.05) is 0 Å². The summed E-state index contributed by atoms with van der Waals surface area (Å²) in [6.45, 7) is 10.6. The van der Waals surface area contributed by atoms with Crippen molar-refractivity contribution in [1.29, 1.82) is 0 Å². The maximum absolute atomic E-state index is 5.12. The van der Waals surface area contributed by atoms with Crippen molar-refractivity contribution >= 4 is 0 Å². The molecule has 0 aromatic rings. The summed E-state index contributed by atoms with van der Waals surface area (Å²) >= 11 is 0. The van der Waals surface area contributed by atoms with E-state index in [0.29, 0.717) is 11.3 Å². The van der Waals surface area contributed by atoms with Crippen LogP contribution in [0.1, 0.15) is 33.6 Å². The summed E-state index contributed by atoms with van der Waals surface area (Å²) in [6, 6.07) is 0. The average Bonchev–Trinajstić information content (AvgIpc) is 2.25. The van der Waals surface area contributed by atoms with Crippen molar-refractivity contribution in [1.82, 2.24) is 5.32 Å². The highest BCUT2D eigenvalue weighted by Crippen LogP contribution is 2.31. The Bertz CT molecular complexity index is 162. The number of hydrogen-bond donors (Lipinski definition) is 1. The zero-order valence-corrected chi connectivity index (χ0v) is 11.6. The van der Waals surface area contributed by atoms with Crippen LogP contribution in [0.5, 0.6) is 0 Å². The molecule has 0 saturated carbocycles. The van der Waals surface area contributed by atoms with Crippen LogP contribution in [-0.2, 0) is 9.47 Å². The minimum absolute atomic E-state index is 0.353. The van der Waals surface area contributed by atoms with Crippen molar-refractivity contribution in [3.05, 3.63) is 0 Å². The lowest BCUT2D eigenvalue weighted by Gasteiger charge is -2.34. The Kier molecular flexibility index (Phi) is 8.90. The Morgan fingerprint density at radius 1 is 1.12 bits per heavy atom. The molecule has 0 aromatic heterocycles. The fraction of sp³-hybridized carbons (Fsp3) is 1.00. The minimum atomic E-state index is 0.353. The highest BCUT2D eigenvalue weighted by atomic mass is 16.5. The van der Waals surface area contributed by atoms with E-state index in [1.54, 1.807) is 14.2 Å². The molecule has 0 rings (SSSR count). The van der Waals surface area contributed by atoms with Gasteiger partial charge in [0, 0.05) is 33.9 Å². The molecule has 0 radical (unpaired) electrons. The van der Waals surface area contributed by atoms with Crippen molar-refractivity contribution in [3.8, 4) is 0 Å². The van der Waals surface area contributed by atoms with E-state index in [0.717, 1.165) is 32.7 Å². The maximum atomic E-state index is 5.12. The fourth-order valence-corrected chi connectivity index (χ4v) is 1.75. The molecule has 0 aliphatic carbocycles. The van der Waals surface area contributed by atoms with Crippen LogP contribution in [0.15, 0.2) is 0 Å². The lowest BCUT2D eigenvalue weighted by molar-refractivity contribution is 0.137. The topological polar surface area (TPSA) is 30.5 Å². The Morgan fingerprint density at radius 2 is 1.75 bits per heavy atom. The first-order valence-corrected chi connectivity index (χ1v) is 6.25. The van der Waals surface area contributed by atoms with E-state index in [2.05, 4.69) is 26.1 Å². The van der Waals surface area contributed by atoms with E-state index in [-0.39, 0.29) is 0 Å². The molecule has 0 bridgehead atoms. The molecule has 1 unspecified atom stereocenters. The molecular formula is C13H29NO2. The van der Waals surface area contributed by atoms with Crippen molar-refractivity contribution in [2.45, 2.75) is 33.6 Å². The molecule has 3 heteroatoms. The van der Waals surface area contributed by atoms with Crippen LogP contribution in [0.25, 0.3) is 0 Å². The second-order valence-electron chi connectivity index (χ2n) is 5.07. The maximum Gasteiger partial charge on any atom is 0.0587 e. The van der Waals surface area contributed by atoms with E-state index in [1.165, 1.54) is 6.42 Å². The molecule has 0 heterocycles. The standard InChI is InChI=1S/C13H29NO2/c1-12(2)13(3,7-6-9-15-4)11-14-8-10-16-5/h12,14H,6-11H2,1-5H3. The second-order valence-corrected chi connectivity index (χ2v) is 5.07. The summed E-state index contributed by atoms with van der Waals surface area (Å²) in [5.41, 5.74) is 0.353. The molecule has 0 aliphatic heterocycles. The van der Waals surface area contributed by atoms with Crippen LogP contribution < -0.4 is 5.32 Å². The van der Waals surface area contributed by atoms with Gasteiger partial charge in [-0.15, -0.1) is 0 Å². The van der Waals surface area contributed by atoms with Gasteiger partial charge in [0.1, 0.15) is 0 Å². The van der Waals surface area contributed by atoms with Crippen LogP contribution in [0.2, 0.25) is 0 Å². The summed E-state index contributed by atoms with van der Waals surface area (Å²) < 4.78 is 10.2. The van der Waals surface area contributed by atoms with Gasteiger partial charge in [-0.25, -0.2) is 0 Å². The van der Waals surface area contributed by atoms with Crippen LogP contribution in [0, 0.1) is 11.3 Å². The number of methoxy groups -OCH3 is 2. The van der Waals surface area contributed by atoms with Crippen molar-refractivity contribution in [3.63, 3.8) is 0 Å². The predicted molar refractivity (Wildman–Crippen MR) is 68.8 cm³/mol. The first-order chi connectivity index (χ1) is 7.56. The largest absolute Gasteiger partial charge is 0.385 e. The Balaban J connectivity index is 3.91. The van der Waals surface area contributed by atoms with Gasteiger partial charge in [-0.1, -0.05) is 20.8 Å². The molecule has 0 aromatic carbocycles. The Labute approximate surface area is 101 Å². The fourth-order valence-electron chi connectivity index (χ4n) is 1.75. The van der Waals surface area contributed by atoms with Crippen LogP contribution in [0.4, 0.5) is 0 Å². The normalized spacial score (nSPS) is 15.4. The molecule has 0 amide bonds. The minimum Gasteiger partial charge on any atom is -0.385 e. The highest BCUT2D eigenvalue weighted by molar-refractivity contribution is 4.80. The zero-order valence-electron chi connectivity index (χ0n) is 11.6. The SMILES string of the molecule is COCCCC(C)(CNCCOC)C(C)C. The molecule has 98 valence electrons. The molecule has 1 N–H and O–H groups in total. The molecule has 0 aliphatic rings. The number of hydrogen-bond acceptors (Lipinski definition) is 3. The van der Waals surface area contributed by atoms with Gasteiger partial charge in [-0.2, -0.15) is 0 Å². The summed E-state index contributed by atoms with van der Waals surface area (Å²) in [5, 5.41) is 3.47. The van der Waals surface area contributed by atoms with E-state index in [9.17, 15) is 0 Å². The lowest BCUT2D eigenvalue weighted by Crippen LogP contribution is -2.37. The van der Waals surface area contributed by atoms with Gasteiger partial charge < -0.3 is 14.8 Å². The van der Waals surface area contributed by atoms with E-state index in [4.69, 9.17) is 9.47 Å². The molecule has 3 nitrogen and oxygen atoms in total. The average molecular weight is 231 g/mol. The van der Waals surface area contributed by atoms with Gasteiger partial charge in [0.15, 0.2) is 0 Å². The first-order valence-electron chi connectivity index (χ1n) is 6.25. The molecule has 16 heavy (non-hydrogen) atoms. The monoisotopic (exact) mass is 231 g/mol. The smallest absolute Gasteiger partial charge is 0.0587 e. The number of rotatable bonds is 10. The first kappa shape index (κ1) is 15.9. The summed E-state index contributed by atoms with van der Waals surface area (Å²) in [7, 11) is 3.51. The quantitative estimate of drug-likeness (QED) is 0.585. The summed E-state index contributed by atoms with van der Waals surface area (Å²) in [4.78, 5) is 0. The number of ether oxygens (including phenoxy) is 2. The van der Waals surface area contributed by atoms with Crippen molar-refractivity contribution < 1.29 is 9.47 Å². The molecule has 0 saturated heterocycles. The second kappa shape index (κ2) is 8.97. The Morgan fingerprint density at radius 3 is 2.25 bits per heavy atom. The highest BCUT2D eigenvalue weighted by Gasteiger charge is 2.27. The van der Waals surface area contributed by atoms with Gasteiger partial charge >= 0.3 is 0 Å². The third-order valence-corrected chi connectivity index (χ3v) is 3.50. The molecule has 0 spiro atoms. The van der Waals surface area contributed by atoms with Crippen molar-refractivity contribution in [2.24, 2.45) is 11.3 Å². The molecule has 1 atom stereocenters.